The van der Waals surface area contributed by atoms with Crippen molar-refractivity contribution in [1.82, 2.24) is 4.98 Å². The molecular formula is C14H10Cl2N2O3. The number of rotatable bonds is 4. The van der Waals surface area contributed by atoms with Crippen molar-refractivity contribution in [2.45, 2.75) is 6.42 Å². The van der Waals surface area contributed by atoms with Crippen molar-refractivity contribution in [3.8, 4) is 0 Å². The number of aromatic nitrogens is 1. The summed E-state index contributed by atoms with van der Waals surface area (Å²) in [6.45, 7) is 0. The second kappa shape index (κ2) is 6.56. The molecule has 0 bridgehead atoms. The van der Waals surface area contributed by atoms with Crippen LogP contribution < -0.4 is 0 Å². The van der Waals surface area contributed by atoms with Crippen molar-refractivity contribution in [2.24, 2.45) is 5.16 Å². The van der Waals surface area contributed by atoms with Gasteiger partial charge in [-0.3, -0.25) is 4.98 Å². The molecule has 2 rings (SSSR count). The van der Waals surface area contributed by atoms with Crippen LogP contribution in [-0.2, 0) is 6.42 Å². The zero-order chi connectivity index (χ0) is 15.4. The van der Waals surface area contributed by atoms with Crippen LogP contribution in [-0.4, -0.2) is 27.0 Å². The van der Waals surface area contributed by atoms with Gasteiger partial charge in [0.15, 0.2) is 0 Å². The van der Waals surface area contributed by atoms with E-state index in [-0.39, 0.29) is 23.4 Å². The first-order valence-corrected chi connectivity index (χ1v) is 6.61. The van der Waals surface area contributed by atoms with Gasteiger partial charge in [0, 0.05) is 22.7 Å². The Labute approximate surface area is 130 Å². The molecule has 7 heteroatoms. The number of nitrogens with zero attached hydrogens (tertiary/aromatic N) is 2. The first-order chi connectivity index (χ1) is 9.99. The van der Waals surface area contributed by atoms with E-state index in [1.54, 1.807) is 18.2 Å². The number of oxime groups is 1. The van der Waals surface area contributed by atoms with Gasteiger partial charge in [0.05, 0.1) is 11.3 Å². The van der Waals surface area contributed by atoms with E-state index in [0.717, 1.165) is 5.56 Å². The van der Waals surface area contributed by atoms with Crippen molar-refractivity contribution in [3.05, 3.63) is 63.4 Å². The fourth-order valence-electron chi connectivity index (χ4n) is 1.80. The highest BCUT2D eigenvalue weighted by Gasteiger charge is 2.12. The summed E-state index contributed by atoms with van der Waals surface area (Å²) < 4.78 is 0. The number of halogens is 2. The van der Waals surface area contributed by atoms with Crippen LogP contribution in [0.25, 0.3) is 0 Å². The number of carboxylic acids is 1. The smallest absolute Gasteiger partial charge is 0.335 e. The molecule has 0 saturated carbocycles. The highest BCUT2D eigenvalue weighted by Crippen LogP contribution is 2.20. The van der Waals surface area contributed by atoms with Gasteiger partial charge in [-0.05, 0) is 35.9 Å². The monoisotopic (exact) mass is 324 g/mol. The van der Waals surface area contributed by atoms with E-state index < -0.39 is 5.97 Å². The van der Waals surface area contributed by atoms with E-state index in [1.165, 1.54) is 18.3 Å². The van der Waals surface area contributed by atoms with Crippen molar-refractivity contribution in [2.75, 3.05) is 0 Å². The van der Waals surface area contributed by atoms with Gasteiger partial charge in [-0.2, -0.15) is 0 Å². The number of hydrogen-bond acceptors (Lipinski definition) is 4. The van der Waals surface area contributed by atoms with E-state index in [9.17, 15) is 4.79 Å². The largest absolute Gasteiger partial charge is 0.478 e. The lowest BCUT2D eigenvalue weighted by Crippen LogP contribution is -2.09. The average molecular weight is 325 g/mol. The van der Waals surface area contributed by atoms with Crippen LogP contribution in [0, 0.1) is 0 Å². The molecule has 0 amide bonds. The minimum absolute atomic E-state index is 0.0604. The van der Waals surface area contributed by atoms with Crippen molar-refractivity contribution >= 4 is 34.9 Å². The quantitative estimate of drug-likeness (QED) is 0.512. The van der Waals surface area contributed by atoms with Gasteiger partial charge in [-0.15, -0.1) is 0 Å². The summed E-state index contributed by atoms with van der Waals surface area (Å²) in [5, 5.41) is 22.2. The lowest BCUT2D eigenvalue weighted by Gasteiger charge is -2.06. The van der Waals surface area contributed by atoms with Gasteiger partial charge in [0.2, 0.25) is 0 Å². The summed E-state index contributed by atoms with van der Waals surface area (Å²) in [6, 6.07) is 7.64. The van der Waals surface area contributed by atoms with Crippen LogP contribution in [0.5, 0.6) is 0 Å². The van der Waals surface area contributed by atoms with E-state index in [0.29, 0.717) is 10.0 Å². The average Bonchev–Trinajstić information content (AvgIpc) is 2.44. The summed E-state index contributed by atoms with van der Waals surface area (Å²) >= 11 is 11.8. The molecular weight excluding hydrogens is 315 g/mol. The van der Waals surface area contributed by atoms with Gasteiger partial charge < -0.3 is 10.3 Å². The lowest BCUT2D eigenvalue weighted by molar-refractivity contribution is 0.0696. The highest BCUT2D eigenvalue weighted by molar-refractivity contribution is 6.34. The maximum atomic E-state index is 10.9. The Morgan fingerprint density at radius 3 is 2.43 bits per heavy atom. The summed E-state index contributed by atoms with van der Waals surface area (Å²) in [5.74, 6) is -1.08. The number of pyridine rings is 1. The molecule has 1 heterocycles. The predicted octanol–water partition coefficient (Wildman–Crippen LogP) is 3.51. The molecule has 2 N–H and O–H groups in total. The van der Waals surface area contributed by atoms with Crippen LogP contribution in [0.2, 0.25) is 10.0 Å². The zero-order valence-electron chi connectivity index (χ0n) is 10.6. The summed E-state index contributed by atoms with van der Waals surface area (Å²) in [6.07, 6.45) is 1.56. The Hall–Kier alpha value is -2.11. The molecule has 0 fully saturated rings. The van der Waals surface area contributed by atoms with Crippen molar-refractivity contribution < 1.29 is 15.1 Å². The van der Waals surface area contributed by atoms with Crippen LogP contribution in [0.15, 0.2) is 41.7 Å². The molecule has 21 heavy (non-hydrogen) atoms. The molecule has 0 aliphatic heterocycles. The topological polar surface area (TPSA) is 82.8 Å². The fraction of sp³-hybridized carbons (Fsp3) is 0.0714. The van der Waals surface area contributed by atoms with Crippen molar-refractivity contribution in [3.63, 3.8) is 0 Å². The van der Waals surface area contributed by atoms with Gasteiger partial charge in [0.25, 0.3) is 0 Å². The SMILES string of the molecule is O=C(O)c1ccnc(/C(Cc2cc(Cl)cc(Cl)c2)=N/O)c1. The molecule has 2 aromatic rings. The highest BCUT2D eigenvalue weighted by atomic mass is 35.5. The first kappa shape index (κ1) is 15.3. The van der Waals surface area contributed by atoms with Crippen LogP contribution >= 0.6 is 23.2 Å². The number of carboxylic acid groups (broad SMARTS) is 1. The lowest BCUT2D eigenvalue weighted by atomic mass is 10.0. The molecule has 0 radical (unpaired) electrons. The van der Waals surface area contributed by atoms with Gasteiger partial charge in [-0.1, -0.05) is 28.4 Å². The van der Waals surface area contributed by atoms with Crippen LogP contribution in [0.3, 0.4) is 0 Å². The Bertz CT molecular complexity index is 697. The Balaban J connectivity index is 2.32. The Kier molecular flexibility index (Phi) is 4.77. The summed E-state index contributed by atoms with van der Waals surface area (Å²) in [4.78, 5) is 15.0. The fourth-order valence-corrected chi connectivity index (χ4v) is 2.38. The van der Waals surface area contributed by atoms with Gasteiger partial charge in [0.1, 0.15) is 5.71 Å². The Morgan fingerprint density at radius 2 is 1.86 bits per heavy atom. The number of aromatic carboxylic acids is 1. The van der Waals surface area contributed by atoms with E-state index in [4.69, 9.17) is 33.5 Å². The molecule has 1 aromatic carbocycles. The van der Waals surface area contributed by atoms with Crippen molar-refractivity contribution in [1.29, 1.82) is 0 Å². The minimum atomic E-state index is -1.08. The first-order valence-electron chi connectivity index (χ1n) is 5.85. The summed E-state index contributed by atoms with van der Waals surface area (Å²) in [5.41, 5.74) is 1.28. The minimum Gasteiger partial charge on any atom is -0.478 e. The third-order valence-electron chi connectivity index (χ3n) is 2.72. The van der Waals surface area contributed by atoms with E-state index >= 15 is 0 Å². The normalized spacial score (nSPS) is 11.4. The molecule has 0 spiro atoms. The molecule has 0 aliphatic carbocycles. The standard InChI is InChI=1S/C14H10Cl2N2O3/c15-10-3-8(4-11(16)7-10)5-13(18-21)12-6-9(14(19)20)1-2-17-12/h1-4,6-7,21H,5H2,(H,19,20)/b18-13+. The molecule has 0 unspecified atom stereocenters. The Morgan fingerprint density at radius 1 is 1.19 bits per heavy atom. The van der Waals surface area contributed by atoms with Crippen LogP contribution in [0.1, 0.15) is 21.6 Å². The van der Waals surface area contributed by atoms with Gasteiger partial charge >= 0.3 is 5.97 Å². The predicted molar refractivity (Wildman–Crippen MR) is 79.7 cm³/mol. The summed E-state index contributed by atoms with van der Waals surface area (Å²) in [7, 11) is 0. The van der Waals surface area contributed by atoms with Gasteiger partial charge in [-0.25, -0.2) is 4.79 Å². The number of benzene rings is 1. The van der Waals surface area contributed by atoms with Crippen LogP contribution in [0.4, 0.5) is 0 Å². The van der Waals surface area contributed by atoms with E-state index in [2.05, 4.69) is 10.1 Å². The third kappa shape index (κ3) is 3.93. The third-order valence-corrected chi connectivity index (χ3v) is 3.15. The molecule has 108 valence electrons. The number of carbonyl (C=O) groups is 1. The molecule has 0 atom stereocenters. The second-order valence-electron chi connectivity index (χ2n) is 4.24. The molecule has 0 aliphatic rings. The molecule has 0 saturated heterocycles. The number of hydrogen-bond donors (Lipinski definition) is 2. The maximum Gasteiger partial charge on any atom is 0.335 e. The second-order valence-corrected chi connectivity index (χ2v) is 5.11. The maximum absolute atomic E-state index is 10.9. The molecule has 5 nitrogen and oxygen atoms in total. The zero-order valence-corrected chi connectivity index (χ0v) is 12.1. The van der Waals surface area contributed by atoms with E-state index in [1.807, 2.05) is 0 Å². The molecule has 1 aromatic heterocycles.